The van der Waals surface area contributed by atoms with E-state index >= 15 is 0 Å². The van der Waals surface area contributed by atoms with Gasteiger partial charge in [0.05, 0.1) is 22.5 Å². The fourth-order valence-corrected chi connectivity index (χ4v) is 5.32. The first-order valence-corrected chi connectivity index (χ1v) is 14.3. The number of carboxylic acid groups (broad SMARTS) is 1. The van der Waals surface area contributed by atoms with E-state index in [-0.39, 0.29) is 10.8 Å². The molecule has 15 heteroatoms. The summed E-state index contributed by atoms with van der Waals surface area (Å²) < 4.78 is 59.5. The van der Waals surface area contributed by atoms with Gasteiger partial charge in [-0.25, -0.2) is 17.9 Å². The Kier molecular flexibility index (Phi) is 11.2. The summed E-state index contributed by atoms with van der Waals surface area (Å²) in [6.07, 6.45) is 1.50. The second-order valence-electron chi connectivity index (χ2n) is 9.21. The minimum atomic E-state index is -5.08. The van der Waals surface area contributed by atoms with E-state index in [0.717, 1.165) is 57.9 Å². The normalized spacial score (nSPS) is 16.2. The second kappa shape index (κ2) is 14.4. The average Bonchev–Trinajstić information content (AvgIpc) is 3.45. The maximum atomic E-state index is 12.8. The highest BCUT2D eigenvalue weighted by molar-refractivity contribution is 7.89. The number of aliphatic carboxylic acids is 1. The van der Waals surface area contributed by atoms with Gasteiger partial charge >= 0.3 is 12.1 Å². The highest BCUT2D eigenvalue weighted by Crippen LogP contribution is 2.25. The molecule has 0 saturated carbocycles. The first-order valence-electron chi connectivity index (χ1n) is 12.8. The van der Waals surface area contributed by atoms with Crippen LogP contribution >= 0.6 is 0 Å². The van der Waals surface area contributed by atoms with Crippen LogP contribution in [-0.2, 0) is 14.8 Å². The molecule has 2 aliphatic heterocycles. The number of alkyl halides is 3. The maximum Gasteiger partial charge on any atom is 0.490 e. The minimum absolute atomic E-state index is 0.156. The largest absolute Gasteiger partial charge is 0.490 e. The van der Waals surface area contributed by atoms with Gasteiger partial charge in [0.15, 0.2) is 0 Å². The monoisotopic (exact) mass is 586 g/mol. The molecule has 1 aromatic heterocycles. The third-order valence-electron chi connectivity index (χ3n) is 6.32. The van der Waals surface area contributed by atoms with E-state index in [1.54, 1.807) is 12.4 Å². The zero-order valence-corrected chi connectivity index (χ0v) is 22.6. The van der Waals surface area contributed by atoms with Gasteiger partial charge in [0, 0.05) is 44.5 Å². The SMILES string of the molecule is O=C(Nc1cnccc1N1CCNCC1)c1ccc(S(=O)(=O)NCCCN2CCCC2)cc1.O=C(O)C(F)(F)F. The number of nitrogens with one attached hydrogen (secondary N) is 3. The molecule has 220 valence electrons. The quantitative estimate of drug-likeness (QED) is 0.325. The van der Waals surface area contributed by atoms with E-state index in [2.05, 4.69) is 30.1 Å². The van der Waals surface area contributed by atoms with Crippen LogP contribution in [-0.4, -0.2) is 93.8 Å². The van der Waals surface area contributed by atoms with Crippen molar-refractivity contribution < 1.29 is 36.3 Å². The van der Waals surface area contributed by atoms with Gasteiger partial charge in [-0.1, -0.05) is 0 Å². The van der Waals surface area contributed by atoms with Crippen molar-refractivity contribution in [2.45, 2.75) is 30.3 Å². The number of nitrogens with zero attached hydrogens (tertiary/aromatic N) is 3. The molecule has 1 aromatic carbocycles. The van der Waals surface area contributed by atoms with E-state index in [1.807, 2.05) is 6.07 Å². The van der Waals surface area contributed by atoms with Crippen LogP contribution in [0.3, 0.4) is 0 Å². The third-order valence-corrected chi connectivity index (χ3v) is 7.79. The molecule has 11 nitrogen and oxygen atoms in total. The smallest absolute Gasteiger partial charge is 0.475 e. The van der Waals surface area contributed by atoms with E-state index in [4.69, 9.17) is 9.90 Å². The molecule has 0 radical (unpaired) electrons. The van der Waals surface area contributed by atoms with Crippen molar-refractivity contribution in [1.29, 1.82) is 0 Å². The fraction of sp³-hybridized carbons (Fsp3) is 0.480. The number of aromatic nitrogens is 1. The van der Waals surface area contributed by atoms with Crippen molar-refractivity contribution in [1.82, 2.24) is 19.9 Å². The summed E-state index contributed by atoms with van der Waals surface area (Å²) in [6.45, 7) is 6.99. The van der Waals surface area contributed by atoms with Gasteiger partial charge in [0.2, 0.25) is 10.0 Å². The van der Waals surface area contributed by atoms with Crippen LogP contribution in [0, 0.1) is 0 Å². The molecule has 4 rings (SSSR count). The van der Waals surface area contributed by atoms with Crippen molar-refractivity contribution in [2.75, 3.05) is 62.6 Å². The zero-order valence-electron chi connectivity index (χ0n) is 21.8. The molecule has 0 atom stereocenters. The predicted octanol–water partition coefficient (Wildman–Crippen LogP) is 2.14. The topological polar surface area (TPSA) is 144 Å². The first kappa shape index (κ1) is 31.3. The predicted molar refractivity (Wildman–Crippen MR) is 143 cm³/mol. The molecule has 1 amide bonds. The number of rotatable bonds is 9. The summed E-state index contributed by atoms with van der Waals surface area (Å²) in [5, 5.41) is 13.4. The van der Waals surface area contributed by atoms with E-state index in [9.17, 15) is 26.4 Å². The number of anilines is 2. The molecule has 3 heterocycles. The zero-order chi connectivity index (χ0) is 29.2. The number of likely N-dealkylation sites (tertiary alicyclic amines) is 1. The highest BCUT2D eigenvalue weighted by atomic mass is 32.2. The Morgan fingerprint density at radius 2 is 1.65 bits per heavy atom. The van der Waals surface area contributed by atoms with Crippen molar-refractivity contribution in [2.24, 2.45) is 0 Å². The van der Waals surface area contributed by atoms with Gasteiger partial charge in [0.1, 0.15) is 0 Å². The number of carboxylic acids is 1. The third kappa shape index (κ3) is 9.43. The second-order valence-corrected chi connectivity index (χ2v) is 11.0. The van der Waals surface area contributed by atoms with Gasteiger partial charge in [0.25, 0.3) is 5.91 Å². The highest BCUT2D eigenvalue weighted by Gasteiger charge is 2.38. The van der Waals surface area contributed by atoms with Crippen LogP contribution < -0.4 is 20.3 Å². The number of hydrogen-bond acceptors (Lipinski definition) is 8. The van der Waals surface area contributed by atoms with Crippen LogP contribution in [0.2, 0.25) is 0 Å². The summed E-state index contributed by atoms with van der Waals surface area (Å²) in [5.74, 6) is -3.06. The van der Waals surface area contributed by atoms with Crippen molar-refractivity contribution in [3.63, 3.8) is 0 Å². The lowest BCUT2D eigenvalue weighted by Gasteiger charge is -2.30. The van der Waals surface area contributed by atoms with Gasteiger partial charge < -0.3 is 25.5 Å². The molecule has 4 N–H and O–H groups in total. The Labute approximate surface area is 230 Å². The molecule has 0 spiro atoms. The van der Waals surface area contributed by atoms with Crippen LogP contribution in [0.5, 0.6) is 0 Å². The van der Waals surface area contributed by atoms with Crippen molar-refractivity contribution in [3.8, 4) is 0 Å². The number of sulfonamides is 1. The number of benzene rings is 1. The summed E-state index contributed by atoms with van der Waals surface area (Å²) in [7, 11) is -3.60. The summed E-state index contributed by atoms with van der Waals surface area (Å²) in [6, 6.07) is 7.91. The standard InChI is InChI=1S/C23H32N6O3S.C2HF3O2/c30-23(27-21-18-25-10-8-22(21)29-16-11-24-12-17-29)19-4-6-20(7-5-19)33(31,32)26-9-3-15-28-13-1-2-14-28;3-2(4,5)1(6)7/h4-8,10,18,24,26H,1-3,9,11-17H2,(H,27,30);(H,6,7). The Morgan fingerprint density at radius 1 is 1.02 bits per heavy atom. The Morgan fingerprint density at radius 3 is 2.25 bits per heavy atom. The Hall–Kier alpha value is -3.27. The van der Waals surface area contributed by atoms with E-state index in [0.29, 0.717) is 17.8 Å². The van der Waals surface area contributed by atoms with Gasteiger partial charge in [-0.15, -0.1) is 0 Å². The van der Waals surface area contributed by atoms with Crippen LogP contribution in [0.25, 0.3) is 0 Å². The van der Waals surface area contributed by atoms with Crippen molar-refractivity contribution in [3.05, 3.63) is 48.3 Å². The fourth-order valence-electron chi connectivity index (χ4n) is 4.24. The molecule has 0 unspecified atom stereocenters. The molecule has 40 heavy (non-hydrogen) atoms. The lowest BCUT2D eigenvalue weighted by atomic mass is 10.2. The molecule has 2 aromatic rings. The molecule has 0 bridgehead atoms. The number of hydrogen-bond donors (Lipinski definition) is 4. The van der Waals surface area contributed by atoms with E-state index < -0.39 is 22.2 Å². The van der Waals surface area contributed by atoms with Crippen LogP contribution in [0.1, 0.15) is 29.6 Å². The summed E-state index contributed by atoms with van der Waals surface area (Å²) in [5.41, 5.74) is 1.95. The molecule has 0 aliphatic carbocycles. The number of piperazine rings is 1. The molecule has 2 fully saturated rings. The van der Waals surface area contributed by atoms with Gasteiger partial charge in [-0.2, -0.15) is 13.2 Å². The number of pyridine rings is 1. The average molecular weight is 587 g/mol. The number of halogens is 3. The summed E-state index contributed by atoms with van der Waals surface area (Å²) in [4.78, 5) is 30.6. The van der Waals surface area contributed by atoms with Gasteiger partial charge in [-0.3, -0.25) is 9.78 Å². The van der Waals surface area contributed by atoms with Crippen LogP contribution in [0.4, 0.5) is 24.5 Å². The lowest BCUT2D eigenvalue weighted by Crippen LogP contribution is -2.43. The lowest BCUT2D eigenvalue weighted by molar-refractivity contribution is -0.192. The van der Waals surface area contributed by atoms with E-state index in [1.165, 1.54) is 37.1 Å². The van der Waals surface area contributed by atoms with Crippen molar-refractivity contribution >= 4 is 33.3 Å². The molecule has 2 aliphatic rings. The number of amides is 1. The van der Waals surface area contributed by atoms with Gasteiger partial charge in [-0.05, 0) is 69.2 Å². The first-order chi connectivity index (χ1) is 19.0. The molecule has 2 saturated heterocycles. The Bertz CT molecular complexity index is 1230. The molecular formula is C25H33F3N6O5S. The Balaban J connectivity index is 0.000000559. The molecular weight excluding hydrogens is 553 g/mol. The number of carbonyl (C=O) groups is 2. The van der Waals surface area contributed by atoms with Crippen LogP contribution in [0.15, 0.2) is 47.6 Å². The minimum Gasteiger partial charge on any atom is -0.475 e. The summed E-state index contributed by atoms with van der Waals surface area (Å²) >= 11 is 0. The maximum absolute atomic E-state index is 12.8. The number of carbonyl (C=O) groups excluding carboxylic acids is 1.